The highest BCUT2D eigenvalue weighted by atomic mass is 32.2. The van der Waals surface area contributed by atoms with Crippen LogP contribution in [0.15, 0.2) is 48.5 Å². The molecule has 0 bridgehead atoms. The van der Waals surface area contributed by atoms with Gasteiger partial charge in [0.05, 0.1) is 17.9 Å². The van der Waals surface area contributed by atoms with E-state index in [2.05, 4.69) is 0 Å². The smallest absolute Gasteiger partial charge is 0.127 e. The topological polar surface area (TPSA) is 50.1 Å². The third-order valence-corrected chi connectivity index (χ3v) is 5.00. The first kappa shape index (κ1) is 16.4. The molecule has 116 valence electrons. The number of methoxy groups -OCH3 is 1. The molecule has 0 radical (unpaired) electrons. The van der Waals surface area contributed by atoms with Gasteiger partial charge in [-0.2, -0.15) is 0 Å². The normalized spacial score (nSPS) is 12.7. The number of benzene rings is 2. The molecule has 0 spiro atoms. The van der Waals surface area contributed by atoms with E-state index in [1.165, 1.54) is 0 Å². The van der Waals surface area contributed by atoms with Gasteiger partial charge < -0.3 is 4.74 Å². The van der Waals surface area contributed by atoms with E-state index < -0.39 is 15.5 Å². The quantitative estimate of drug-likeness (QED) is 0.680. The van der Waals surface area contributed by atoms with Gasteiger partial charge in [0, 0.05) is 10.3 Å². The molecular weight excluding hydrogens is 294 g/mol. The summed E-state index contributed by atoms with van der Waals surface area (Å²) in [5.41, 5.74) is 2.54. The Bertz CT molecular complexity index is 703. The average Bonchev–Trinajstić information content (AvgIpc) is 2.52. The molecule has 0 saturated heterocycles. The lowest BCUT2D eigenvalue weighted by atomic mass is 10.00. The first-order valence-electron chi connectivity index (χ1n) is 7.09. The third-order valence-electron chi connectivity index (χ3n) is 3.30. The first-order chi connectivity index (χ1) is 10.3. The van der Waals surface area contributed by atoms with Crippen LogP contribution in [0.3, 0.4) is 0 Å². The van der Waals surface area contributed by atoms with E-state index >= 15 is 0 Å². The molecule has 3 nitrogen and oxygen atoms in total. The molecule has 1 N–H and O–H groups in total. The summed E-state index contributed by atoms with van der Waals surface area (Å²) in [4.78, 5) is 0. The molecule has 4 heteroatoms. The van der Waals surface area contributed by atoms with Crippen molar-refractivity contribution < 1.29 is 8.95 Å². The summed E-state index contributed by atoms with van der Waals surface area (Å²) in [6, 6.07) is 15.4. The van der Waals surface area contributed by atoms with Crippen LogP contribution in [0.4, 0.5) is 0 Å². The highest BCUT2D eigenvalue weighted by Crippen LogP contribution is 2.30. The number of hydrogen-bond donors (Lipinski definition) is 1. The zero-order chi connectivity index (χ0) is 16.3. The molecule has 22 heavy (non-hydrogen) atoms. The Kier molecular flexibility index (Phi) is 4.81. The number of nitrogens with one attached hydrogen (secondary N) is 1. The van der Waals surface area contributed by atoms with Crippen molar-refractivity contribution in [3.63, 3.8) is 0 Å². The standard InChI is InChI=1S/C18H21NO2S/c1-18(2,3)22(20)17(19)16-12-14(21-4)10-11-15(16)13-8-6-5-7-9-13/h5-12,19H,1-4H3. The van der Waals surface area contributed by atoms with Crippen molar-refractivity contribution in [1.82, 2.24) is 0 Å². The highest BCUT2D eigenvalue weighted by molar-refractivity contribution is 8.02. The number of hydrogen-bond acceptors (Lipinski definition) is 3. The Morgan fingerprint density at radius 2 is 1.73 bits per heavy atom. The summed E-state index contributed by atoms with van der Waals surface area (Å²) in [7, 11) is 0.189. The van der Waals surface area contributed by atoms with E-state index in [0.717, 1.165) is 11.1 Å². The zero-order valence-electron chi connectivity index (χ0n) is 13.3. The van der Waals surface area contributed by atoms with E-state index in [1.54, 1.807) is 13.2 Å². The lowest BCUT2D eigenvalue weighted by Crippen LogP contribution is -2.28. The summed E-state index contributed by atoms with van der Waals surface area (Å²) in [6.45, 7) is 5.63. The second kappa shape index (κ2) is 6.44. The molecular formula is C18H21NO2S. The van der Waals surface area contributed by atoms with E-state index in [1.807, 2.05) is 63.2 Å². The van der Waals surface area contributed by atoms with Crippen LogP contribution >= 0.6 is 0 Å². The minimum Gasteiger partial charge on any atom is -0.497 e. The zero-order valence-corrected chi connectivity index (χ0v) is 14.2. The van der Waals surface area contributed by atoms with Gasteiger partial charge in [-0.1, -0.05) is 30.3 Å². The van der Waals surface area contributed by atoms with Crippen molar-refractivity contribution in [2.45, 2.75) is 25.5 Å². The van der Waals surface area contributed by atoms with Gasteiger partial charge in [0.2, 0.25) is 0 Å². The molecule has 0 aliphatic rings. The molecule has 0 saturated carbocycles. The van der Waals surface area contributed by atoms with Crippen molar-refractivity contribution >= 4 is 15.8 Å². The fourth-order valence-corrected chi connectivity index (χ4v) is 3.09. The van der Waals surface area contributed by atoms with Gasteiger partial charge in [0.1, 0.15) is 10.8 Å². The van der Waals surface area contributed by atoms with Crippen LogP contribution in [0.25, 0.3) is 11.1 Å². The fraction of sp³-hybridized carbons (Fsp3) is 0.278. The Balaban J connectivity index is 2.58. The van der Waals surface area contributed by atoms with Gasteiger partial charge in [-0.3, -0.25) is 9.62 Å². The van der Waals surface area contributed by atoms with Gasteiger partial charge in [-0.05, 0) is 50.1 Å². The van der Waals surface area contributed by atoms with Crippen LogP contribution < -0.4 is 4.74 Å². The highest BCUT2D eigenvalue weighted by Gasteiger charge is 2.26. The van der Waals surface area contributed by atoms with Gasteiger partial charge >= 0.3 is 0 Å². The van der Waals surface area contributed by atoms with Crippen LogP contribution in [0.1, 0.15) is 26.3 Å². The molecule has 0 fully saturated rings. The van der Waals surface area contributed by atoms with Crippen LogP contribution in [-0.2, 0) is 10.8 Å². The molecule has 2 rings (SSSR count). The number of ether oxygens (including phenoxy) is 1. The number of rotatable bonds is 3. The second-order valence-electron chi connectivity index (χ2n) is 5.99. The summed E-state index contributed by atoms with van der Waals surface area (Å²) in [5, 5.41) is 8.53. The SMILES string of the molecule is COc1ccc(-c2ccccc2)c(C(=N)S(=O)C(C)(C)C)c1. The molecule has 0 aliphatic heterocycles. The van der Waals surface area contributed by atoms with Crippen molar-refractivity contribution in [3.05, 3.63) is 54.1 Å². The summed E-state index contributed by atoms with van der Waals surface area (Å²) in [6.07, 6.45) is 0. The van der Waals surface area contributed by atoms with E-state index in [0.29, 0.717) is 11.3 Å². The maximum Gasteiger partial charge on any atom is 0.127 e. The second-order valence-corrected chi connectivity index (χ2v) is 8.16. The third kappa shape index (κ3) is 3.45. The predicted molar refractivity (Wildman–Crippen MR) is 93.2 cm³/mol. The van der Waals surface area contributed by atoms with Crippen LogP contribution in [-0.4, -0.2) is 21.1 Å². The van der Waals surface area contributed by atoms with Crippen molar-refractivity contribution in [2.24, 2.45) is 0 Å². The van der Waals surface area contributed by atoms with Gasteiger partial charge in [0.25, 0.3) is 0 Å². The molecule has 1 atom stereocenters. The summed E-state index contributed by atoms with van der Waals surface area (Å²) < 4.78 is 17.4. The lowest BCUT2D eigenvalue weighted by Gasteiger charge is -2.20. The first-order valence-corrected chi connectivity index (χ1v) is 8.24. The summed E-state index contributed by atoms with van der Waals surface area (Å²) >= 11 is 0. The maximum atomic E-state index is 12.6. The van der Waals surface area contributed by atoms with Crippen LogP contribution in [0, 0.1) is 5.41 Å². The van der Waals surface area contributed by atoms with Gasteiger partial charge in [-0.15, -0.1) is 0 Å². The average molecular weight is 315 g/mol. The minimum atomic E-state index is -1.40. The monoisotopic (exact) mass is 315 g/mol. The molecule has 0 amide bonds. The molecule has 0 heterocycles. The van der Waals surface area contributed by atoms with Crippen LogP contribution in [0.5, 0.6) is 5.75 Å². The van der Waals surface area contributed by atoms with E-state index in [4.69, 9.17) is 10.1 Å². The molecule has 1 unspecified atom stereocenters. The van der Waals surface area contributed by atoms with Gasteiger partial charge in [0.15, 0.2) is 0 Å². The Morgan fingerprint density at radius 1 is 1.09 bits per heavy atom. The maximum absolute atomic E-state index is 12.6. The molecule has 2 aromatic rings. The lowest BCUT2D eigenvalue weighted by molar-refractivity contribution is 0.415. The minimum absolute atomic E-state index is 0.130. The van der Waals surface area contributed by atoms with Gasteiger partial charge in [-0.25, -0.2) is 0 Å². The Hall–Kier alpha value is -1.94. The molecule has 0 aromatic heterocycles. The van der Waals surface area contributed by atoms with E-state index in [9.17, 15) is 4.21 Å². The fourth-order valence-electron chi connectivity index (χ4n) is 2.11. The Morgan fingerprint density at radius 3 is 2.27 bits per heavy atom. The largest absolute Gasteiger partial charge is 0.497 e. The van der Waals surface area contributed by atoms with Crippen molar-refractivity contribution in [1.29, 1.82) is 5.41 Å². The van der Waals surface area contributed by atoms with Crippen molar-refractivity contribution in [2.75, 3.05) is 7.11 Å². The van der Waals surface area contributed by atoms with E-state index in [-0.39, 0.29) is 5.04 Å². The predicted octanol–water partition coefficient (Wildman–Crippen LogP) is 4.23. The van der Waals surface area contributed by atoms with Crippen molar-refractivity contribution in [3.8, 4) is 16.9 Å². The summed E-state index contributed by atoms with van der Waals surface area (Å²) in [5.74, 6) is 0.658. The molecule has 2 aromatic carbocycles. The Labute approximate surface area is 134 Å². The molecule has 0 aliphatic carbocycles. The van der Waals surface area contributed by atoms with Crippen LogP contribution in [0.2, 0.25) is 0 Å².